The summed E-state index contributed by atoms with van der Waals surface area (Å²) in [6.07, 6.45) is 0.528. The van der Waals surface area contributed by atoms with E-state index in [0.29, 0.717) is 19.0 Å². The van der Waals surface area contributed by atoms with Crippen LogP contribution in [0.1, 0.15) is 20.3 Å². The van der Waals surface area contributed by atoms with Crippen LogP contribution in [0.5, 0.6) is 0 Å². The van der Waals surface area contributed by atoms with Crippen LogP contribution < -0.4 is 16.0 Å². The molecule has 0 saturated carbocycles. The first-order chi connectivity index (χ1) is 17.0. The highest BCUT2D eigenvalue weighted by Gasteiger charge is 2.37. The summed E-state index contributed by atoms with van der Waals surface area (Å²) >= 11 is 0. The summed E-state index contributed by atoms with van der Waals surface area (Å²) in [5.41, 5.74) is 0.538. The van der Waals surface area contributed by atoms with Crippen molar-refractivity contribution in [3.8, 4) is 0 Å². The predicted octanol–water partition coefficient (Wildman–Crippen LogP) is 0.804. The van der Waals surface area contributed by atoms with Crippen LogP contribution in [0.15, 0.2) is 24.3 Å². The first-order valence-corrected chi connectivity index (χ1v) is 13.3. The zero-order valence-corrected chi connectivity index (χ0v) is 22.9. The Bertz CT molecular complexity index is 752. The molecule has 0 aromatic heterocycles. The third-order valence-corrected chi connectivity index (χ3v) is 7.56. The van der Waals surface area contributed by atoms with Gasteiger partial charge in [0, 0.05) is 58.2 Å². The molecule has 0 aromatic rings. The fourth-order valence-corrected chi connectivity index (χ4v) is 4.40. The largest absolute Gasteiger partial charge is 0.500 e. The molecule has 0 aliphatic heterocycles. The quantitative estimate of drug-likeness (QED) is 0.101. The zero-order chi connectivity index (χ0) is 27.6. The molecule has 0 atom stereocenters. The number of amides is 4. The van der Waals surface area contributed by atoms with Gasteiger partial charge < -0.3 is 43.6 Å². The number of urea groups is 2. The molecule has 0 aliphatic rings. The first-order valence-electron chi connectivity index (χ1n) is 11.4. The average Bonchev–Trinajstić information content (AvgIpc) is 2.85. The Kier molecular flexibility index (Phi) is 16.8. The summed E-state index contributed by atoms with van der Waals surface area (Å²) in [6.45, 7) is 11.0. The van der Waals surface area contributed by atoms with Crippen LogP contribution >= 0.6 is 0 Å². The third-order valence-electron chi connectivity index (χ3n) is 4.73. The highest BCUT2D eigenvalue weighted by atomic mass is 28.4. The molecular formula is C22H40N4O9Si. The van der Waals surface area contributed by atoms with E-state index in [9.17, 15) is 19.2 Å². The molecule has 4 amide bonds. The Morgan fingerprint density at radius 2 is 1.22 bits per heavy atom. The summed E-state index contributed by atoms with van der Waals surface area (Å²) in [6, 6.07) is -0.388. The van der Waals surface area contributed by atoms with Crippen molar-refractivity contribution in [2.75, 3.05) is 67.3 Å². The Labute approximate surface area is 213 Å². The van der Waals surface area contributed by atoms with E-state index < -0.39 is 32.8 Å². The van der Waals surface area contributed by atoms with E-state index in [1.165, 1.54) is 40.1 Å². The summed E-state index contributed by atoms with van der Waals surface area (Å²) < 4.78 is 26.1. The normalized spacial score (nSPS) is 10.7. The third kappa shape index (κ3) is 13.8. The van der Waals surface area contributed by atoms with Crippen LogP contribution in [0.3, 0.4) is 0 Å². The van der Waals surface area contributed by atoms with Crippen molar-refractivity contribution in [2.45, 2.75) is 26.3 Å². The lowest BCUT2D eigenvalue weighted by atomic mass is 10.4. The Balaban J connectivity index is 4.69. The SMILES string of the molecule is C=C(C)C(=O)OCCNC(=O)NCCN(CCC[Si](OC)(OC)OC)C(=O)NCCOC(=O)C(=C)C. The Morgan fingerprint density at radius 3 is 1.69 bits per heavy atom. The van der Waals surface area contributed by atoms with Crippen LogP contribution in [0, 0.1) is 0 Å². The minimum atomic E-state index is -2.80. The summed E-state index contributed by atoms with van der Waals surface area (Å²) in [5, 5.41) is 7.87. The number of ether oxygens (including phenoxy) is 2. The zero-order valence-electron chi connectivity index (χ0n) is 21.9. The predicted molar refractivity (Wildman–Crippen MR) is 134 cm³/mol. The number of carbonyl (C=O) groups is 4. The van der Waals surface area contributed by atoms with E-state index in [4.69, 9.17) is 22.8 Å². The van der Waals surface area contributed by atoms with E-state index >= 15 is 0 Å². The highest BCUT2D eigenvalue weighted by Crippen LogP contribution is 2.15. The topological polar surface area (TPSA) is 154 Å². The van der Waals surface area contributed by atoms with Crippen LogP contribution in [0.2, 0.25) is 6.04 Å². The van der Waals surface area contributed by atoms with Crippen molar-refractivity contribution < 1.29 is 41.9 Å². The maximum Gasteiger partial charge on any atom is 0.500 e. The molecule has 0 spiro atoms. The standard InChI is InChI=1S/C22H40N4O9Si/c1-17(2)19(27)34-14-10-24-21(29)23-9-13-26(12-8-16-36(31-5,32-6)33-7)22(30)25-11-15-35-20(28)18(3)4/h1,3,8-16H2,2,4-7H3,(H,25,30)(H2,23,24,29). The smallest absolute Gasteiger partial charge is 0.460 e. The van der Waals surface area contributed by atoms with Crippen LogP contribution in [-0.2, 0) is 32.3 Å². The summed E-state index contributed by atoms with van der Waals surface area (Å²) in [4.78, 5) is 48.9. The lowest BCUT2D eigenvalue weighted by Gasteiger charge is -2.27. The summed E-state index contributed by atoms with van der Waals surface area (Å²) in [7, 11) is 1.73. The first kappa shape index (κ1) is 33.1. The number of hydrogen-bond donors (Lipinski definition) is 3. The molecule has 14 heteroatoms. The van der Waals surface area contributed by atoms with Crippen molar-refractivity contribution in [3.63, 3.8) is 0 Å². The van der Waals surface area contributed by atoms with E-state index in [1.807, 2.05) is 0 Å². The number of carbonyl (C=O) groups excluding carboxylic acids is 4. The van der Waals surface area contributed by atoms with Crippen molar-refractivity contribution in [1.82, 2.24) is 20.9 Å². The fourth-order valence-electron chi connectivity index (χ4n) is 2.69. The molecule has 0 fully saturated rings. The molecule has 0 heterocycles. The van der Waals surface area contributed by atoms with Gasteiger partial charge in [0.15, 0.2) is 0 Å². The second-order valence-corrected chi connectivity index (χ2v) is 10.7. The van der Waals surface area contributed by atoms with Crippen molar-refractivity contribution in [2.24, 2.45) is 0 Å². The molecule has 206 valence electrons. The van der Waals surface area contributed by atoms with Gasteiger partial charge in [-0.1, -0.05) is 13.2 Å². The van der Waals surface area contributed by atoms with Gasteiger partial charge in [0.2, 0.25) is 0 Å². The second kappa shape index (κ2) is 18.3. The minimum Gasteiger partial charge on any atom is -0.460 e. The highest BCUT2D eigenvalue weighted by molar-refractivity contribution is 6.60. The van der Waals surface area contributed by atoms with E-state index in [2.05, 4.69) is 29.1 Å². The van der Waals surface area contributed by atoms with Gasteiger partial charge in [0.05, 0.1) is 13.1 Å². The Morgan fingerprint density at radius 1 is 0.750 bits per heavy atom. The van der Waals surface area contributed by atoms with Gasteiger partial charge in [-0.15, -0.1) is 0 Å². The number of nitrogens with zero attached hydrogens (tertiary/aromatic N) is 1. The molecule has 0 aliphatic carbocycles. The van der Waals surface area contributed by atoms with Gasteiger partial charge in [-0.2, -0.15) is 0 Å². The number of esters is 2. The molecule has 13 nitrogen and oxygen atoms in total. The van der Waals surface area contributed by atoms with Gasteiger partial charge in [0.1, 0.15) is 13.2 Å². The molecule has 0 bridgehead atoms. The van der Waals surface area contributed by atoms with Gasteiger partial charge >= 0.3 is 32.8 Å². The lowest BCUT2D eigenvalue weighted by molar-refractivity contribution is -0.139. The minimum absolute atomic E-state index is 0.00503. The van der Waals surface area contributed by atoms with E-state index in [1.54, 1.807) is 0 Å². The molecule has 36 heavy (non-hydrogen) atoms. The van der Waals surface area contributed by atoms with Crippen molar-refractivity contribution in [1.29, 1.82) is 0 Å². The molecule has 0 saturated heterocycles. The van der Waals surface area contributed by atoms with Gasteiger partial charge in [-0.25, -0.2) is 19.2 Å². The van der Waals surface area contributed by atoms with Gasteiger partial charge in [-0.05, 0) is 20.3 Å². The second-order valence-electron chi connectivity index (χ2n) is 7.63. The molecule has 0 aromatic carbocycles. The van der Waals surface area contributed by atoms with Crippen LogP contribution in [-0.4, -0.2) is 105 Å². The van der Waals surface area contributed by atoms with Crippen LogP contribution in [0.4, 0.5) is 9.59 Å². The monoisotopic (exact) mass is 532 g/mol. The maximum absolute atomic E-state index is 12.7. The molecule has 0 unspecified atom stereocenters. The fraction of sp³-hybridized carbons (Fsp3) is 0.636. The summed E-state index contributed by atoms with van der Waals surface area (Å²) in [5.74, 6) is -1.07. The number of nitrogens with one attached hydrogen (secondary N) is 3. The lowest BCUT2D eigenvalue weighted by Crippen LogP contribution is -2.48. The average molecular weight is 533 g/mol. The Hall–Kier alpha value is -2.94. The van der Waals surface area contributed by atoms with E-state index in [0.717, 1.165) is 0 Å². The molecule has 3 N–H and O–H groups in total. The maximum atomic E-state index is 12.7. The molecule has 0 radical (unpaired) electrons. The van der Waals surface area contributed by atoms with Gasteiger partial charge in [-0.3, -0.25) is 0 Å². The van der Waals surface area contributed by atoms with Crippen LogP contribution in [0.25, 0.3) is 0 Å². The van der Waals surface area contributed by atoms with Crippen molar-refractivity contribution in [3.05, 3.63) is 24.3 Å². The molecule has 0 rings (SSSR count). The van der Waals surface area contributed by atoms with Crippen molar-refractivity contribution >= 4 is 32.8 Å². The number of rotatable bonds is 18. The van der Waals surface area contributed by atoms with E-state index in [-0.39, 0.29) is 50.5 Å². The number of hydrogen-bond acceptors (Lipinski definition) is 9. The molecular weight excluding hydrogens is 492 g/mol. The van der Waals surface area contributed by atoms with Gasteiger partial charge in [0.25, 0.3) is 0 Å².